The summed E-state index contributed by atoms with van der Waals surface area (Å²) in [5, 5.41) is 28.0. The van der Waals surface area contributed by atoms with Gasteiger partial charge in [0.1, 0.15) is 42.4 Å². The van der Waals surface area contributed by atoms with E-state index < -0.39 is 58.4 Å². The Bertz CT molecular complexity index is 5590. The first-order chi connectivity index (χ1) is 55.1. The lowest BCUT2D eigenvalue weighted by atomic mass is 9.63. The first kappa shape index (κ1) is 72.6. The molecule has 0 amide bonds. The van der Waals surface area contributed by atoms with Crippen LogP contribution in [0.1, 0.15) is 80.1 Å². The Morgan fingerprint density at radius 2 is 0.795 bits per heavy atom. The summed E-state index contributed by atoms with van der Waals surface area (Å²) in [7, 11) is 0. The first-order valence-corrected chi connectivity index (χ1v) is 37.2. The zero-order chi connectivity index (χ0) is 76.5. The molecular weight excluding hydrogens is 1400 g/mol. The molecular formula is C94H80N10O8. The van der Waals surface area contributed by atoms with E-state index in [1.54, 1.807) is 26.2 Å². The SMILES string of the molecule is CCCOc1c(O)cccc1C(OCn1cnc2c(=O)[nH]c(N(C(O)C(OCn3cnc4c(=O)[nH]c(N)nc43)C(OC(c3ccccc3)(c3ccccc3)c3ccccc3)C(c3ccccc3)(c3ccccc3)c3ccccc3)C(c3ccccc3)(c3ccccc3)c3ccccc3)nc21)(c1ccccc1)c1ccccc1. The number of fused-ring (bicyclic) bond motifs is 2. The second kappa shape index (κ2) is 31.9. The first-order valence-electron chi connectivity index (χ1n) is 37.2. The zero-order valence-electron chi connectivity index (χ0n) is 61.3. The number of nitrogens with one attached hydrogen (secondary N) is 2. The van der Waals surface area contributed by atoms with Crippen LogP contribution in [0.3, 0.4) is 0 Å². The number of aromatic hydroxyl groups is 1. The van der Waals surface area contributed by atoms with Crippen molar-refractivity contribution >= 4 is 34.2 Å². The van der Waals surface area contributed by atoms with E-state index in [2.05, 4.69) is 56.3 Å². The topological polar surface area (TPSA) is 234 Å². The molecule has 0 saturated carbocycles. The Balaban J connectivity index is 1.03. The molecule has 0 aliphatic rings. The minimum Gasteiger partial charge on any atom is -0.504 e. The number of nitrogens with two attached hydrogens (primary N) is 1. The van der Waals surface area contributed by atoms with E-state index in [4.69, 9.17) is 34.6 Å². The standard InChI is InChI=1S/C94H80N10O8/c1-2-61-109-81-77(59-36-60-78(81)105)94(75-55-32-12-33-56-75,76-57-34-13-35-58-76)111-65-103-63-97-80-85(103)99-90(101-87(80)107)104(92(69-43-20-6-21-44-69,70-45-22-7-23-46-70)71-47-24-8-25-48-71)88(108)82(110-64-102-62-96-79-84(102)98-89(95)100-86(79)106)83(91(66-37-14-3-15-38-66,67-39-16-4-17-40-67)68-41-18-5-19-42-68)112-93(72-49-26-9-27-50-72,73-51-28-10-29-52-73)74-53-30-11-31-54-74/h3-60,62-63,82-83,88,105,108H,2,61,64-65H2,1H3,(H,99,101,107)(H3,95,98,100,106). The van der Waals surface area contributed by atoms with Crippen LogP contribution in [0.5, 0.6) is 11.5 Å². The molecule has 0 aliphatic heterocycles. The molecule has 554 valence electrons. The molecule has 4 heterocycles. The number of hydrogen-bond acceptors (Lipinski definition) is 14. The third-order valence-electron chi connectivity index (χ3n) is 20.9. The van der Waals surface area contributed by atoms with Crippen molar-refractivity contribution in [1.29, 1.82) is 0 Å². The van der Waals surface area contributed by atoms with Gasteiger partial charge in [0.2, 0.25) is 11.9 Å². The fourth-order valence-corrected chi connectivity index (χ4v) is 16.1. The summed E-state index contributed by atoms with van der Waals surface area (Å²) in [6, 6.07) is 114. The van der Waals surface area contributed by atoms with Crippen molar-refractivity contribution in [2.45, 2.75) is 67.4 Å². The Morgan fingerprint density at radius 1 is 0.438 bits per heavy atom. The fraction of sp³-hybridized carbons (Fsp3) is 0.128. The van der Waals surface area contributed by atoms with E-state index in [0.29, 0.717) is 39.8 Å². The van der Waals surface area contributed by atoms with Gasteiger partial charge in [0.15, 0.2) is 40.1 Å². The lowest BCUT2D eigenvalue weighted by Crippen LogP contribution is -2.65. The minimum absolute atomic E-state index is 0.0170. The second-order valence-electron chi connectivity index (χ2n) is 27.4. The molecule has 16 rings (SSSR count). The van der Waals surface area contributed by atoms with Crippen molar-refractivity contribution < 1.29 is 29.2 Å². The molecule has 3 unspecified atom stereocenters. The van der Waals surface area contributed by atoms with Gasteiger partial charge >= 0.3 is 0 Å². The molecule has 0 spiro atoms. The van der Waals surface area contributed by atoms with E-state index in [-0.39, 0.29) is 59.1 Å². The van der Waals surface area contributed by atoms with Crippen LogP contribution in [0, 0.1) is 0 Å². The van der Waals surface area contributed by atoms with Crippen LogP contribution >= 0.6 is 0 Å². The number of aliphatic hydroxyl groups excluding tert-OH is 1. The number of ether oxygens (including phenoxy) is 4. The molecule has 112 heavy (non-hydrogen) atoms. The van der Waals surface area contributed by atoms with Crippen LogP contribution in [0.4, 0.5) is 11.9 Å². The van der Waals surface area contributed by atoms with Crippen molar-refractivity contribution in [3.05, 3.63) is 452 Å². The van der Waals surface area contributed by atoms with E-state index >= 15 is 9.90 Å². The average molecular weight is 1480 g/mol. The second-order valence-corrected chi connectivity index (χ2v) is 27.4. The maximum atomic E-state index is 16.2. The molecule has 16 aromatic rings. The largest absolute Gasteiger partial charge is 0.504 e. The van der Waals surface area contributed by atoms with Gasteiger partial charge in [-0.05, 0) is 73.7 Å². The molecule has 0 saturated heterocycles. The highest BCUT2D eigenvalue weighted by Crippen LogP contribution is 2.54. The third-order valence-corrected chi connectivity index (χ3v) is 20.9. The minimum atomic E-state index is -2.10. The van der Waals surface area contributed by atoms with Crippen molar-refractivity contribution in [3.8, 4) is 11.5 Å². The summed E-state index contributed by atoms with van der Waals surface area (Å²) >= 11 is 0. The number of imidazole rings is 2. The number of nitrogen functional groups attached to an aromatic ring is 1. The van der Waals surface area contributed by atoms with Crippen LogP contribution < -0.4 is 26.5 Å². The highest BCUT2D eigenvalue weighted by molar-refractivity contribution is 5.73. The van der Waals surface area contributed by atoms with Gasteiger partial charge in [-0.2, -0.15) is 9.97 Å². The number of H-pyrrole nitrogens is 2. The predicted octanol–water partition coefficient (Wildman–Crippen LogP) is 16.2. The van der Waals surface area contributed by atoms with Crippen molar-refractivity contribution in [3.63, 3.8) is 0 Å². The molecule has 0 radical (unpaired) electrons. The molecule has 0 fully saturated rings. The third kappa shape index (κ3) is 13.1. The van der Waals surface area contributed by atoms with Crippen molar-refractivity contribution in [2.75, 3.05) is 17.2 Å². The van der Waals surface area contributed by atoms with E-state index in [1.165, 1.54) is 12.7 Å². The number of nitrogens with zero attached hydrogens (tertiary/aromatic N) is 7. The van der Waals surface area contributed by atoms with Gasteiger partial charge in [0.05, 0.1) is 24.7 Å². The number of rotatable bonds is 29. The van der Waals surface area contributed by atoms with Gasteiger partial charge in [-0.3, -0.25) is 33.6 Å². The van der Waals surface area contributed by atoms with E-state index in [9.17, 15) is 9.90 Å². The van der Waals surface area contributed by atoms with Crippen LogP contribution in [0.15, 0.2) is 374 Å². The van der Waals surface area contributed by atoms with Gasteiger partial charge in [0, 0.05) is 5.56 Å². The molecule has 12 aromatic carbocycles. The highest BCUT2D eigenvalue weighted by atomic mass is 16.6. The summed E-state index contributed by atoms with van der Waals surface area (Å²) in [4.78, 5) is 57.6. The molecule has 6 N–H and O–H groups in total. The Kier molecular flexibility index (Phi) is 20.7. The highest BCUT2D eigenvalue weighted by Gasteiger charge is 2.59. The number of hydrogen-bond donors (Lipinski definition) is 5. The van der Waals surface area contributed by atoms with Crippen LogP contribution in [0.25, 0.3) is 22.3 Å². The molecule has 0 aliphatic carbocycles. The Hall–Kier alpha value is -13.6. The van der Waals surface area contributed by atoms with Gasteiger partial charge in [-0.1, -0.05) is 353 Å². The van der Waals surface area contributed by atoms with Gasteiger partial charge in [-0.25, -0.2) is 9.97 Å². The summed E-state index contributed by atoms with van der Waals surface area (Å²) in [6.45, 7) is 1.50. The molecule has 18 heteroatoms. The van der Waals surface area contributed by atoms with E-state index in [1.807, 2.05) is 310 Å². The maximum Gasteiger partial charge on any atom is 0.280 e. The van der Waals surface area contributed by atoms with Crippen LogP contribution in [-0.2, 0) is 49.8 Å². The van der Waals surface area contributed by atoms with Crippen LogP contribution in [-0.4, -0.2) is 74.3 Å². The summed E-state index contributed by atoms with van der Waals surface area (Å²) in [5.41, 5.74) is 6.88. The molecule has 3 atom stereocenters. The summed E-state index contributed by atoms with van der Waals surface area (Å²) < 4.78 is 34.3. The number of benzene rings is 12. The van der Waals surface area contributed by atoms with Gasteiger partial charge in [-0.15, -0.1) is 0 Å². The van der Waals surface area contributed by atoms with Crippen molar-refractivity contribution in [1.82, 2.24) is 39.0 Å². The quantitative estimate of drug-likeness (QED) is 0.0217. The van der Waals surface area contributed by atoms with E-state index in [0.717, 1.165) is 33.4 Å². The lowest BCUT2D eigenvalue weighted by molar-refractivity contribution is -0.183. The molecule has 18 nitrogen and oxygen atoms in total. The Morgan fingerprint density at radius 3 is 1.20 bits per heavy atom. The monoisotopic (exact) mass is 1480 g/mol. The number of phenols is 1. The Labute approximate surface area is 647 Å². The predicted molar refractivity (Wildman–Crippen MR) is 434 cm³/mol. The van der Waals surface area contributed by atoms with Crippen molar-refractivity contribution in [2.24, 2.45) is 0 Å². The van der Waals surface area contributed by atoms with Crippen LogP contribution in [0.2, 0.25) is 0 Å². The number of aromatic nitrogens is 8. The van der Waals surface area contributed by atoms with Gasteiger partial charge in [0.25, 0.3) is 11.1 Å². The smallest absolute Gasteiger partial charge is 0.280 e. The molecule has 0 bridgehead atoms. The van der Waals surface area contributed by atoms with Gasteiger partial charge < -0.3 is 34.9 Å². The number of para-hydroxylation sites is 1. The zero-order valence-corrected chi connectivity index (χ0v) is 61.3. The normalized spacial score (nSPS) is 12.8. The number of phenolic OH excluding ortho intramolecular Hbond substituents is 1. The molecule has 4 aromatic heterocycles. The number of aliphatic hydroxyl groups is 1. The maximum absolute atomic E-state index is 16.2. The summed E-state index contributed by atoms with van der Waals surface area (Å²) in [6.07, 6.45) is -1.75. The average Bonchev–Trinajstić information content (AvgIpc) is 0.793. The fourth-order valence-electron chi connectivity index (χ4n) is 16.1. The lowest BCUT2D eigenvalue weighted by Gasteiger charge is -2.54. The summed E-state index contributed by atoms with van der Waals surface area (Å²) in [5.74, 6) is -0.178. The number of aromatic amines is 2. The number of anilines is 2.